The van der Waals surface area contributed by atoms with Crippen molar-refractivity contribution < 1.29 is 19.5 Å². The van der Waals surface area contributed by atoms with Crippen LogP contribution in [0.1, 0.15) is 0 Å². The quantitative estimate of drug-likeness (QED) is 0.122. The van der Waals surface area contributed by atoms with Crippen LogP contribution in [0.2, 0.25) is 0 Å². The third kappa shape index (κ3) is 7.31. The van der Waals surface area contributed by atoms with Crippen molar-refractivity contribution in [3.05, 3.63) is 143 Å². The molecule has 6 heterocycles. The van der Waals surface area contributed by atoms with E-state index in [2.05, 4.69) is 110 Å². The molecule has 0 fully saturated rings. The third-order valence-corrected chi connectivity index (χ3v) is 7.38. The number of hydrogen-bond acceptors (Lipinski definition) is 6. The van der Waals surface area contributed by atoms with Gasteiger partial charge in [-0.3, -0.25) is 29.9 Å². The summed E-state index contributed by atoms with van der Waals surface area (Å²) in [6.07, 6.45) is 10.7. The van der Waals surface area contributed by atoms with Gasteiger partial charge in [0.1, 0.15) is 0 Å². The minimum Gasteiger partial charge on any atom is -0.255 e. The summed E-state index contributed by atoms with van der Waals surface area (Å²) in [5, 5.41) is 4.55. The van der Waals surface area contributed by atoms with E-state index in [0.717, 1.165) is 63.9 Å². The monoisotopic (exact) mass is 774 g/mol. The number of pyridine rings is 6. The van der Waals surface area contributed by atoms with Gasteiger partial charge in [0, 0.05) is 87.1 Å². The van der Waals surface area contributed by atoms with E-state index in [1.165, 1.54) is 0 Å². The van der Waals surface area contributed by atoms with E-state index in [4.69, 9.17) is 0 Å². The first-order valence-corrected chi connectivity index (χ1v) is 14.6. The Morgan fingerprint density at radius 3 is 0.930 bits per heavy atom. The van der Waals surface area contributed by atoms with Crippen molar-refractivity contribution in [3.63, 3.8) is 0 Å². The van der Waals surface area contributed by atoms with Gasteiger partial charge in [-0.15, -0.1) is 0 Å². The van der Waals surface area contributed by atoms with E-state index < -0.39 is 0 Å². The predicted molar refractivity (Wildman–Crippen MR) is 177 cm³/mol. The van der Waals surface area contributed by atoms with Gasteiger partial charge in [0.15, 0.2) is 0 Å². The molecule has 210 valence electrons. The summed E-state index contributed by atoms with van der Waals surface area (Å²) in [6.45, 7) is 0. The molecule has 2 aromatic carbocycles. The van der Waals surface area contributed by atoms with E-state index >= 15 is 0 Å². The molecule has 0 atom stereocenters. The van der Waals surface area contributed by atoms with Gasteiger partial charge in [0.25, 0.3) is 0 Å². The van der Waals surface area contributed by atoms with Crippen LogP contribution < -0.4 is 0 Å². The van der Waals surface area contributed by atoms with Crippen molar-refractivity contribution in [2.24, 2.45) is 0 Å². The van der Waals surface area contributed by atoms with Crippen molar-refractivity contribution in [1.82, 2.24) is 29.9 Å². The molecule has 6 aromatic heterocycles. The Kier molecular flexibility index (Phi) is 10.2. The van der Waals surface area contributed by atoms with Crippen LogP contribution in [0.15, 0.2) is 143 Å². The molecule has 9 heteroatoms. The fourth-order valence-electron chi connectivity index (χ4n) is 4.45. The summed E-state index contributed by atoms with van der Waals surface area (Å²) in [7, 11) is 0. The van der Waals surface area contributed by atoms with Gasteiger partial charge < -0.3 is 0 Å². The van der Waals surface area contributed by atoms with Crippen molar-refractivity contribution in [1.29, 1.82) is 0 Å². The van der Waals surface area contributed by atoms with Crippen LogP contribution in [0.4, 0.5) is 0 Å². The molecule has 43 heavy (non-hydrogen) atoms. The van der Waals surface area contributed by atoms with Gasteiger partial charge in [0.2, 0.25) is 0 Å². The number of aromatic nitrogens is 6. The number of rotatable bonds is 1. The summed E-state index contributed by atoms with van der Waals surface area (Å²) in [5.74, 6) is 0. The molecule has 0 saturated heterocycles. The average molecular weight is 775 g/mol. The molecule has 0 aliphatic carbocycles. The third-order valence-electron chi connectivity index (χ3n) is 6.40. The number of nitrogens with zero attached hydrogens (tertiary/aromatic N) is 6. The Labute approximate surface area is 277 Å². The average Bonchev–Trinajstić information content (AvgIpc) is 3.05. The molecule has 0 radical (unpaired) electrons. The maximum Gasteiger partial charge on any atom is 0.0964 e. The van der Waals surface area contributed by atoms with Crippen molar-refractivity contribution in [2.45, 2.75) is 0 Å². The van der Waals surface area contributed by atoms with Crippen molar-refractivity contribution in [2.75, 3.05) is 0 Å². The van der Waals surface area contributed by atoms with E-state index in [-0.39, 0.29) is 19.5 Å². The summed E-state index contributed by atoms with van der Waals surface area (Å²) in [5.41, 5.74) is 5.63. The van der Waals surface area contributed by atoms with E-state index in [1.54, 1.807) is 37.2 Å². The second-order valence-corrected chi connectivity index (χ2v) is 11.0. The Bertz CT molecular complexity index is 1890. The van der Waals surface area contributed by atoms with E-state index in [1.807, 2.05) is 48.5 Å². The molecule has 0 spiro atoms. The first-order chi connectivity index (χ1) is 20.7. The van der Waals surface area contributed by atoms with Crippen LogP contribution in [0.5, 0.6) is 0 Å². The van der Waals surface area contributed by atoms with Gasteiger partial charge >= 0.3 is 0 Å². The molecule has 0 unspecified atom stereocenters. The number of fused-ring (bicyclic) bond motifs is 6. The zero-order chi connectivity index (χ0) is 28.7. The van der Waals surface area contributed by atoms with Gasteiger partial charge in [-0.1, -0.05) is 80.4 Å². The Hall–Kier alpha value is -4.04. The summed E-state index contributed by atoms with van der Waals surface area (Å²) in [4.78, 5) is 25.9. The maximum absolute atomic E-state index is 4.35. The van der Waals surface area contributed by atoms with Crippen LogP contribution in [-0.4, -0.2) is 29.9 Å². The minimum atomic E-state index is 0. The van der Waals surface area contributed by atoms with Crippen molar-refractivity contribution >= 4 is 75.5 Å². The smallest absolute Gasteiger partial charge is 0.0964 e. The number of benzene rings is 2. The zero-order valence-corrected chi connectivity index (χ0v) is 27.4. The topological polar surface area (TPSA) is 77.3 Å². The number of hydrogen-bond donors (Lipinski definition) is 0. The molecule has 8 aromatic rings. The van der Waals surface area contributed by atoms with Crippen LogP contribution in [0, 0.1) is 0 Å². The summed E-state index contributed by atoms with van der Waals surface area (Å²) in [6, 6.07) is 31.9. The Morgan fingerprint density at radius 2 is 0.651 bits per heavy atom. The zero-order valence-electron chi connectivity index (χ0n) is 22.5. The maximum atomic E-state index is 4.35. The minimum absolute atomic E-state index is 0. The van der Waals surface area contributed by atoms with Crippen LogP contribution in [-0.2, 0) is 19.5 Å². The molecule has 0 aliphatic rings. The molecule has 0 N–H and O–H groups in total. The molecular weight excluding hydrogens is 753 g/mol. The second-order valence-electron chi connectivity index (χ2n) is 9.15. The first kappa shape index (κ1) is 30.4. The predicted octanol–water partition coefficient (Wildman–Crippen LogP) is 9.23. The van der Waals surface area contributed by atoms with E-state index in [9.17, 15) is 0 Å². The molecule has 0 saturated carbocycles. The molecule has 0 aliphatic heterocycles. The van der Waals surface area contributed by atoms with Crippen LogP contribution in [0.25, 0.3) is 55.0 Å². The van der Waals surface area contributed by atoms with Gasteiger partial charge in [-0.05, 0) is 48.5 Å². The fraction of sp³-hybridized carbons (Fsp3) is 0. The molecular formula is C34H22Br2N6Ru. The SMILES string of the molecule is Brc1ccnc(-c2cc(Br)ccn2)c1.[Ru].c1cnc2c(c1)ccc1cccnc12.c1cnc2c(c1)ccc1cccnc12. The fourth-order valence-corrected chi connectivity index (χ4v) is 5.12. The summed E-state index contributed by atoms with van der Waals surface area (Å²) >= 11 is 6.80. The van der Waals surface area contributed by atoms with Crippen molar-refractivity contribution in [3.8, 4) is 11.4 Å². The normalized spacial score (nSPS) is 10.4. The summed E-state index contributed by atoms with van der Waals surface area (Å²) < 4.78 is 2.01. The standard InChI is InChI=1S/2C12H8N2.C10H6Br2N2.Ru/c2*1-3-9-5-6-10-4-2-8-14-12(10)11(9)13-7-1;11-7-1-3-13-9(5-7)10-6-8(12)2-4-14-10;/h2*1-8H;1-6H;. The first-order valence-electron chi connectivity index (χ1n) is 13.1. The molecule has 0 bridgehead atoms. The second kappa shape index (κ2) is 14.4. The van der Waals surface area contributed by atoms with Crippen LogP contribution >= 0.6 is 31.9 Å². The Morgan fingerprint density at radius 1 is 0.349 bits per heavy atom. The largest absolute Gasteiger partial charge is 0.255 e. The molecule has 6 nitrogen and oxygen atoms in total. The molecule has 0 amide bonds. The number of halogens is 2. The molecule has 8 rings (SSSR count). The van der Waals surface area contributed by atoms with Gasteiger partial charge in [-0.2, -0.15) is 0 Å². The van der Waals surface area contributed by atoms with E-state index in [0.29, 0.717) is 0 Å². The van der Waals surface area contributed by atoms with Gasteiger partial charge in [0.05, 0.1) is 33.5 Å². The van der Waals surface area contributed by atoms with Crippen LogP contribution in [0.3, 0.4) is 0 Å². The van der Waals surface area contributed by atoms with Gasteiger partial charge in [-0.25, -0.2) is 0 Å². The Balaban J connectivity index is 0.000000127.